The second-order valence-electron chi connectivity index (χ2n) is 5.25. The van der Waals surface area contributed by atoms with Gasteiger partial charge < -0.3 is 4.57 Å². The first-order chi connectivity index (χ1) is 10.1. The van der Waals surface area contributed by atoms with Crippen molar-refractivity contribution in [2.24, 2.45) is 0 Å². The maximum absolute atomic E-state index is 13.1. The smallest absolute Gasteiger partial charge is 0.125 e. The Morgan fingerprint density at radius 1 is 1.19 bits per heavy atom. The van der Waals surface area contributed by atoms with E-state index >= 15 is 0 Å². The van der Waals surface area contributed by atoms with Crippen LogP contribution in [0.5, 0.6) is 0 Å². The van der Waals surface area contributed by atoms with Gasteiger partial charge in [0.2, 0.25) is 0 Å². The normalized spacial score (nSPS) is 12.8. The molecular weight excluding hydrogens is 287 g/mol. The Balaban J connectivity index is 2.16. The molecule has 108 valence electrons. The Kier molecular flexibility index (Phi) is 3.68. The molecule has 3 rings (SSSR count). The van der Waals surface area contributed by atoms with E-state index in [9.17, 15) is 4.39 Å². The molecule has 0 radical (unpaired) electrons. The summed E-state index contributed by atoms with van der Waals surface area (Å²) < 4.78 is 15.2. The quantitative estimate of drug-likeness (QED) is 0.634. The molecule has 0 fully saturated rings. The molecule has 0 aliphatic heterocycles. The number of aromatic nitrogens is 2. The van der Waals surface area contributed by atoms with Crippen molar-refractivity contribution in [3.05, 3.63) is 65.2 Å². The number of hydrogen-bond acceptors (Lipinski definition) is 1. The Morgan fingerprint density at radius 2 is 1.90 bits per heavy atom. The van der Waals surface area contributed by atoms with E-state index in [0.717, 1.165) is 22.4 Å². The van der Waals surface area contributed by atoms with Crippen LogP contribution in [0.3, 0.4) is 0 Å². The van der Waals surface area contributed by atoms with Crippen molar-refractivity contribution in [1.82, 2.24) is 9.55 Å². The molecule has 1 heterocycles. The van der Waals surface area contributed by atoms with Crippen molar-refractivity contribution >= 4 is 22.6 Å². The van der Waals surface area contributed by atoms with Crippen molar-refractivity contribution in [3.63, 3.8) is 0 Å². The molecule has 0 amide bonds. The minimum absolute atomic E-state index is 0.0482. The maximum Gasteiger partial charge on any atom is 0.125 e. The van der Waals surface area contributed by atoms with E-state index in [-0.39, 0.29) is 11.9 Å². The molecule has 0 saturated carbocycles. The minimum Gasteiger partial charge on any atom is -0.320 e. The van der Waals surface area contributed by atoms with Gasteiger partial charge in [-0.15, -0.1) is 11.6 Å². The summed E-state index contributed by atoms with van der Waals surface area (Å²) in [5, 5.41) is 0. The highest BCUT2D eigenvalue weighted by Gasteiger charge is 2.16. The predicted octanol–water partition coefficient (Wildman–Crippen LogP) is 4.83. The first-order valence-electron chi connectivity index (χ1n) is 6.89. The van der Waals surface area contributed by atoms with Gasteiger partial charge in [-0.1, -0.05) is 18.2 Å². The summed E-state index contributed by atoms with van der Waals surface area (Å²) in [5.41, 5.74) is 4.19. The molecule has 3 aromatic rings. The molecule has 2 nitrogen and oxygen atoms in total. The molecule has 1 aromatic heterocycles. The minimum atomic E-state index is -0.227. The monoisotopic (exact) mass is 302 g/mol. The lowest BCUT2D eigenvalue weighted by molar-refractivity contribution is 0.614. The Bertz CT molecular complexity index is 777. The van der Waals surface area contributed by atoms with E-state index in [2.05, 4.69) is 34.7 Å². The SMILES string of the molecule is Cc1ccc2c(c1)nc(CCl)n2C(C)c1ccc(F)cc1. The van der Waals surface area contributed by atoms with Crippen molar-refractivity contribution in [2.45, 2.75) is 25.8 Å². The molecule has 0 aliphatic carbocycles. The topological polar surface area (TPSA) is 17.8 Å². The van der Waals surface area contributed by atoms with E-state index in [1.807, 2.05) is 6.92 Å². The average molecular weight is 303 g/mol. The fourth-order valence-electron chi connectivity index (χ4n) is 2.68. The molecule has 2 aromatic carbocycles. The fourth-order valence-corrected chi connectivity index (χ4v) is 2.86. The van der Waals surface area contributed by atoms with Crippen LogP contribution >= 0.6 is 11.6 Å². The molecule has 1 atom stereocenters. The number of rotatable bonds is 3. The van der Waals surface area contributed by atoms with Crippen LogP contribution in [0, 0.1) is 12.7 Å². The second kappa shape index (κ2) is 5.49. The summed E-state index contributed by atoms with van der Waals surface area (Å²) in [6.45, 7) is 4.12. The third-order valence-electron chi connectivity index (χ3n) is 3.78. The maximum atomic E-state index is 13.1. The Morgan fingerprint density at radius 3 is 2.57 bits per heavy atom. The summed E-state index contributed by atoms with van der Waals surface area (Å²) >= 11 is 6.06. The van der Waals surface area contributed by atoms with Gasteiger partial charge in [0, 0.05) is 0 Å². The molecule has 4 heteroatoms. The molecular formula is C17H16ClFN2. The molecule has 0 spiro atoms. The van der Waals surface area contributed by atoms with Gasteiger partial charge in [-0.05, 0) is 49.2 Å². The van der Waals surface area contributed by atoms with E-state index in [0.29, 0.717) is 5.88 Å². The van der Waals surface area contributed by atoms with Crippen molar-refractivity contribution < 1.29 is 4.39 Å². The van der Waals surface area contributed by atoms with Crippen LogP contribution in [0.4, 0.5) is 4.39 Å². The van der Waals surface area contributed by atoms with Gasteiger partial charge in [0.25, 0.3) is 0 Å². The molecule has 1 unspecified atom stereocenters. The van der Waals surface area contributed by atoms with Gasteiger partial charge in [0.15, 0.2) is 0 Å². The van der Waals surface area contributed by atoms with E-state index in [1.54, 1.807) is 12.1 Å². The highest BCUT2D eigenvalue weighted by atomic mass is 35.5. The summed E-state index contributed by atoms with van der Waals surface area (Å²) in [7, 11) is 0. The number of imidazole rings is 1. The summed E-state index contributed by atoms with van der Waals surface area (Å²) in [6, 6.07) is 12.8. The number of nitrogens with zero attached hydrogens (tertiary/aromatic N) is 2. The summed E-state index contributed by atoms with van der Waals surface area (Å²) in [4.78, 5) is 4.61. The van der Waals surface area contributed by atoms with Crippen molar-refractivity contribution in [3.8, 4) is 0 Å². The predicted molar refractivity (Wildman–Crippen MR) is 84.2 cm³/mol. The largest absolute Gasteiger partial charge is 0.320 e. The van der Waals surface area contributed by atoms with Crippen LogP contribution in [-0.2, 0) is 5.88 Å². The number of alkyl halides is 1. The first kappa shape index (κ1) is 14.1. The third kappa shape index (κ3) is 2.54. The van der Waals surface area contributed by atoms with Crippen LogP contribution in [0.15, 0.2) is 42.5 Å². The highest BCUT2D eigenvalue weighted by Crippen LogP contribution is 2.27. The van der Waals surface area contributed by atoms with Gasteiger partial charge in [0.05, 0.1) is 23.0 Å². The highest BCUT2D eigenvalue weighted by molar-refractivity contribution is 6.16. The van der Waals surface area contributed by atoms with Gasteiger partial charge in [-0.2, -0.15) is 0 Å². The Labute approximate surface area is 128 Å². The van der Waals surface area contributed by atoms with Crippen molar-refractivity contribution in [1.29, 1.82) is 0 Å². The van der Waals surface area contributed by atoms with Crippen molar-refractivity contribution in [2.75, 3.05) is 0 Å². The lowest BCUT2D eigenvalue weighted by atomic mass is 10.1. The second-order valence-corrected chi connectivity index (χ2v) is 5.52. The lowest BCUT2D eigenvalue weighted by Gasteiger charge is -2.17. The van der Waals surface area contributed by atoms with Crippen LogP contribution in [-0.4, -0.2) is 9.55 Å². The van der Waals surface area contributed by atoms with E-state index in [4.69, 9.17) is 11.6 Å². The first-order valence-corrected chi connectivity index (χ1v) is 7.42. The zero-order chi connectivity index (χ0) is 15.0. The molecule has 0 N–H and O–H groups in total. The fraction of sp³-hybridized carbons (Fsp3) is 0.235. The van der Waals surface area contributed by atoms with Gasteiger partial charge >= 0.3 is 0 Å². The molecule has 0 bridgehead atoms. The lowest BCUT2D eigenvalue weighted by Crippen LogP contribution is -2.10. The van der Waals surface area contributed by atoms with Gasteiger partial charge in [0.1, 0.15) is 11.6 Å². The zero-order valence-corrected chi connectivity index (χ0v) is 12.7. The van der Waals surface area contributed by atoms with Crippen LogP contribution < -0.4 is 0 Å². The van der Waals surface area contributed by atoms with E-state index < -0.39 is 0 Å². The molecule has 21 heavy (non-hydrogen) atoms. The standard InChI is InChI=1S/C17H16ClFN2/c1-11-3-8-16-15(9-11)20-17(10-18)21(16)12(2)13-4-6-14(19)7-5-13/h3-9,12H,10H2,1-2H3. The van der Waals surface area contributed by atoms with Crippen LogP contribution in [0.25, 0.3) is 11.0 Å². The average Bonchev–Trinajstić information content (AvgIpc) is 2.84. The number of hydrogen-bond donors (Lipinski definition) is 0. The number of halogens is 2. The zero-order valence-electron chi connectivity index (χ0n) is 12.0. The number of aryl methyl sites for hydroxylation is 1. The van der Waals surface area contributed by atoms with Crippen LogP contribution in [0.1, 0.15) is 29.9 Å². The molecule has 0 aliphatic rings. The third-order valence-corrected chi connectivity index (χ3v) is 4.02. The summed E-state index contributed by atoms with van der Waals surface area (Å²) in [5.74, 6) is 0.947. The van der Waals surface area contributed by atoms with Gasteiger partial charge in [-0.3, -0.25) is 0 Å². The number of fused-ring (bicyclic) bond motifs is 1. The summed E-state index contributed by atoms with van der Waals surface area (Å²) in [6.07, 6.45) is 0. The van der Waals surface area contributed by atoms with Crippen LogP contribution in [0.2, 0.25) is 0 Å². The number of benzene rings is 2. The Hall–Kier alpha value is -1.87. The molecule has 0 saturated heterocycles. The van der Waals surface area contributed by atoms with Gasteiger partial charge in [-0.25, -0.2) is 9.37 Å². The van der Waals surface area contributed by atoms with E-state index in [1.165, 1.54) is 17.7 Å².